The maximum atomic E-state index is 12.8. The maximum Gasteiger partial charge on any atom is 0.336 e. The van der Waals surface area contributed by atoms with Crippen molar-refractivity contribution in [1.82, 2.24) is 0 Å². The highest BCUT2D eigenvalue weighted by atomic mass is 16.7. The highest BCUT2D eigenvalue weighted by Crippen LogP contribution is 2.60. The fraction of sp³-hybridized carbons (Fsp3) is 0.667. The molecule has 2 saturated carbocycles. The molecule has 2 aliphatic carbocycles. The zero-order valence-corrected chi connectivity index (χ0v) is 16.9. The van der Waals surface area contributed by atoms with Crippen molar-refractivity contribution in [2.24, 2.45) is 17.3 Å². The Labute approximate surface area is 159 Å². The van der Waals surface area contributed by atoms with Crippen LogP contribution in [0.25, 0.3) is 0 Å². The third-order valence-electron chi connectivity index (χ3n) is 6.67. The number of ether oxygens (including phenoxy) is 3. The molecule has 0 unspecified atom stereocenters. The van der Waals surface area contributed by atoms with Crippen LogP contribution in [0.2, 0.25) is 0 Å². The first-order valence-electron chi connectivity index (χ1n) is 9.44. The molecule has 1 aliphatic heterocycles. The minimum absolute atomic E-state index is 0.106. The van der Waals surface area contributed by atoms with Crippen LogP contribution in [0.15, 0.2) is 22.8 Å². The third kappa shape index (κ3) is 2.85. The van der Waals surface area contributed by atoms with Gasteiger partial charge in [-0.05, 0) is 33.1 Å². The van der Waals surface area contributed by atoms with Gasteiger partial charge in [-0.15, -0.1) is 0 Å². The second-order valence-electron chi connectivity index (χ2n) is 8.45. The summed E-state index contributed by atoms with van der Waals surface area (Å²) in [6.45, 7) is 9.35. The lowest BCUT2D eigenvalue weighted by atomic mass is 9.51. The van der Waals surface area contributed by atoms with E-state index in [0.29, 0.717) is 17.6 Å². The van der Waals surface area contributed by atoms with Gasteiger partial charge in [0.1, 0.15) is 11.9 Å². The van der Waals surface area contributed by atoms with Gasteiger partial charge in [-0.25, -0.2) is 9.59 Å². The van der Waals surface area contributed by atoms with Crippen LogP contribution in [0, 0.1) is 17.3 Å². The molecule has 148 valence electrons. The molecule has 0 bridgehead atoms. The van der Waals surface area contributed by atoms with Crippen molar-refractivity contribution in [2.75, 3.05) is 7.11 Å². The highest BCUT2D eigenvalue weighted by Gasteiger charge is 2.67. The number of allylic oxidation sites excluding steroid dienone is 1. The standard InChI is InChI=1S/C21H28O6/c1-11(2)9-16(23)26-18-17-13(4)19(24)27-21(17,25-6)10-14-15(22)8-7-12(3)20(14,18)5/h9,12,14,18H,7-8,10H2,1-6H3/t12-,14-,18+,20+,21-/m0/s1. The van der Waals surface area contributed by atoms with Crippen LogP contribution in [-0.4, -0.2) is 36.7 Å². The number of rotatable bonds is 3. The van der Waals surface area contributed by atoms with Crippen molar-refractivity contribution in [2.45, 2.75) is 65.8 Å². The van der Waals surface area contributed by atoms with Crippen molar-refractivity contribution >= 4 is 17.7 Å². The number of fused-ring (bicyclic) bond motifs is 2. The maximum absolute atomic E-state index is 12.8. The minimum atomic E-state index is -1.34. The quantitative estimate of drug-likeness (QED) is 0.556. The molecule has 3 aliphatic rings. The van der Waals surface area contributed by atoms with Crippen molar-refractivity contribution < 1.29 is 28.6 Å². The average molecular weight is 376 g/mol. The smallest absolute Gasteiger partial charge is 0.336 e. The molecule has 0 amide bonds. The Balaban J connectivity index is 2.18. The van der Waals surface area contributed by atoms with Crippen LogP contribution in [0.5, 0.6) is 0 Å². The molecule has 0 radical (unpaired) electrons. The number of hydrogen-bond acceptors (Lipinski definition) is 6. The zero-order valence-electron chi connectivity index (χ0n) is 16.9. The van der Waals surface area contributed by atoms with Gasteiger partial charge in [-0.1, -0.05) is 19.4 Å². The Morgan fingerprint density at radius 3 is 2.56 bits per heavy atom. The number of carbonyl (C=O) groups excluding carboxylic acids is 3. The number of esters is 2. The van der Waals surface area contributed by atoms with Crippen molar-refractivity contribution in [3.63, 3.8) is 0 Å². The van der Waals surface area contributed by atoms with E-state index < -0.39 is 35.2 Å². The Morgan fingerprint density at radius 2 is 1.96 bits per heavy atom. The molecule has 5 atom stereocenters. The van der Waals surface area contributed by atoms with Gasteiger partial charge in [0.15, 0.2) is 0 Å². The predicted molar refractivity (Wildman–Crippen MR) is 97.5 cm³/mol. The normalized spacial score (nSPS) is 38.1. The Morgan fingerprint density at radius 1 is 1.30 bits per heavy atom. The summed E-state index contributed by atoms with van der Waals surface area (Å²) in [5.41, 5.74) is 1.14. The van der Waals surface area contributed by atoms with Gasteiger partial charge in [0, 0.05) is 42.9 Å². The topological polar surface area (TPSA) is 78.9 Å². The molecular weight excluding hydrogens is 348 g/mol. The van der Waals surface area contributed by atoms with E-state index >= 15 is 0 Å². The monoisotopic (exact) mass is 376 g/mol. The molecule has 2 fully saturated rings. The van der Waals surface area contributed by atoms with Gasteiger partial charge >= 0.3 is 11.9 Å². The number of methoxy groups -OCH3 is 1. The lowest BCUT2D eigenvalue weighted by Gasteiger charge is -2.56. The van der Waals surface area contributed by atoms with Gasteiger partial charge in [0.05, 0.1) is 5.57 Å². The molecule has 27 heavy (non-hydrogen) atoms. The average Bonchev–Trinajstić information content (AvgIpc) is 2.84. The van der Waals surface area contributed by atoms with Crippen LogP contribution in [0.3, 0.4) is 0 Å². The first kappa shape index (κ1) is 19.8. The molecule has 0 aromatic carbocycles. The lowest BCUT2D eigenvalue weighted by Crippen LogP contribution is -2.62. The van der Waals surface area contributed by atoms with Gasteiger partial charge in [-0.2, -0.15) is 0 Å². The van der Waals surface area contributed by atoms with E-state index in [2.05, 4.69) is 6.92 Å². The van der Waals surface area contributed by atoms with Gasteiger partial charge < -0.3 is 14.2 Å². The van der Waals surface area contributed by atoms with E-state index in [1.165, 1.54) is 13.2 Å². The van der Waals surface area contributed by atoms with Crippen LogP contribution < -0.4 is 0 Å². The van der Waals surface area contributed by atoms with Crippen molar-refractivity contribution in [3.8, 4) is 0 Å². The first-order valence-corrected chi connectivity index (χ1v) is 9.44. The summed E-state index contributed by atoms with van der Waals surface area (Å²) in [6, 6.07) is 0. The molecular formula is C21H28O6. The predicted octanol–water partition coefficient (Wildman–Crippen LogP) is 3.11. The van der Waals surface area contributed by atoms with E-state index in [0.717, 1.165) is 12.0 Å². The third-order valence-corrected chi connectivity index (χ3v) is 6.67. The Hall–Kier alpha value is -1.95. The molecule has 0 N–H and O–H groups in total. The molecule has 3 rings (SSSR count). The molecule has 0 spiro atoms. The number of ketones is 1. The van der Waals surface area contributed by atoms with Crippen LogP contribution >= 0.6 is 0 Å². The molecule has 0 saturated heterocycles. The number of Topliss-reactive ketones (excluding diaryl/α,β-unsaturated/α-hetero) is 1. The summed E-state index contributed by atoms with van der Waals surface area (Å²) in [4.78, 5) is 37.7. The largest absolute Gasteiger partial charge is 0.454 e. The van der Waals surface area contributed by atoms with Crippen molar-refractivity contribution in [1.29, 1.82) is 0 Å². The highest BCUT2D eigenvalue weighted by molar-refractivity contribution is 5.94. The minimum Gasteiger partial charge on any atom is -0.454 e. The molecule has 0 aromatic heterocycles. The van der Waals surface area contributed by atoms with Crippen LogP contribution in [-0.2, 0) is 28.6 Å². The SMILES string of the molecule is CO[C@]12C[C@H]3C(=O)CC[C@H](C)[C@@]3(C)[C@H](OC(=O)C=C(C)C)C1=C(C)C(=O)O2. The van der Waals surface area contributed by atoms with Crippen LogP contribution in [0.1, 0.15) is 53.9 Å². The fourth-order valence-corrected chi connectivity index (χ4v) is 4.92. The lowest BCUT2D eigenvalue weighted by molar-refractivity contribution is -0.233. The summed E-state index contributed by atoms with van der Waals surface area (Å²) in [7, 11) is 1.46. The van der Waals surface area contributed by atoms with E-state index in [1.54, 1.807) is 6.92 Å². The fourth-order valence-electron chi connectivity index (χ4n) is 4.92. The summed E-state index contributed by atoms with van der Waals surface area (Å²) in [6.07, 6.45) is 2.12. The van der Waals surface area contributed by atoms with Crippen molar-refractivity contribution in [3.05, 3.63) is 22.8 Å². The second-order valence-corrected chi connectivity index (χ2v) is 8.45. The summed E-state index contributed by atoms with van der Waals surface area (Å²) < 4.78 is 17.2. The van der Waals surface area contributed by atoms with E-state index in [4.69, 9.17) is 14.2 Å². The Kier molecular flexibility index (Phi) is 4.83. The van der Waals surface area contributed by atoms with E-state index in [-0.39, 0.29) is 18.1 Å². The van der Waals surface area contributed by atoms with Gasteiger partial charge in [0.2, 0.25) is 5.79 Å². The summed E-state index contributed by atoms with van der Waals surface area (Å²) in [5.74, 6) is -2.48. The number of hydrogen-bond donors (Lipinski definition) is 0. The number of carbonyl (C=O) groups is 3. The Bertz CT molecular complexity index is 759. The van der Waals surface area contributed by atoms with Crippen LogP contribution in [0.4, 0.5) is 0 Å². The first-order chi connectivity index (χ1) is 12.6. The molecule has 1 heterocycles. The summed E-state index contributed by atoms with van der Waals surface area (Å²) >= 11 is 0. The molecule has 0 aromatic rings. The van der Waals surface area contributed by atoms with E-state index in [9.17, 15) is 14.4 Å². The zero-order chi connectivity index (χ0) is 20.1. The van der Waals surface area contributed by atoms with E-state index in [1.807, 2.05) is 20.8 Å². The van der Waals surface area contributed by atoms with Gasteiger partial charge in [0.25, 0.3) is 0 Å². The molecule has 6 nitrogen and oxygen atoms in total. The second kappa shape index (κ2) is 6.59. The summed E-state index contributed by atoms with van der Waals surface area (Å²) in [5, 5.41) is 0. The van der Waals surface area contributed by atoms with Gasteiger partial charge in [-0.3, -0.25) is 4.79 Å². The molecule has 6 heteroatoms.